The second kappa shape index (κ2) is 3.61. The van der Waals surface area contributed by atoms with Gasteiger partial charge in [0.1, 0.15) is 0 Å². The molecule has 0 aliphatic carbocycles. The molecule has 0 unspecified atom stereocenters. The number of rotatable bonds is 1. The molecule has 0 aliphatic heterocycles. The first kappa shape index (κ1) is 11.0. The van der Waals surface area contributed by atoms with Gasteiger partial charge in [0.25, 0.3) is 0 Å². The van der Waals surface area contributed by atoms with Gasteiger partial charge in [-0.3, -0.25) is 0 Å². The predicted octanol–water partition coefficient (Wildman–Crippen LogP) is 1.41. The van der Waals surface area contributed by atoms with E-state index in [0.29, 0.717) is 6.07 Å². The molecule has 0 amide bonds. The third-order valence-corrected chi connectivity index (χ3v) is 2.31. The average molecular weight is 265 g/mol. The van der Waals surface area contributed by atoms with Crippen molar-refractivity contribution in [2.75, 3.05) is 0 Å². The van der Waals surface area contributed by atoms with Crippen LogP contribution < -0.4 is 4.35 Å². The molecule has 3 nitrogen and oxygen atoms in total. The van der Waals surface area contributed by atoms with E-state index < -0.39 is 22.4 Å². The third kappa shape index (κ3) is 2.26. The SMILES string of the molecule is O=[N+]([O-])c1ccc([As])c(C(F)(F)F)c1. The predicted molar refractivity (Wildman–Crippen MR) is 43.5 cm³/mol. The molecule has 0 fully saturated rings. The molecule has 0 N–H and O–H groups in total. The quantitative estimate of drug-likeness (QED) is 0.437. The molecule has 0 spiro atoms. The van der Waals surface area contributed by atoms with Gasteiger partial charge in [0.05, 0.1) is 0 Å². The van der Waals surface area contributed by atoms with Gasteiger partial charge in [-0.2, -0.15) is 0 Å². The number of nitrogens with zero attached hydrogens (tertiary/aromatic N) is 1. The second-order valence-electron chi connectivity index (χ2n) is 2.46. The number of halogens is 3. The van der Waals surface area contributed by atoms with Gasteiger partial charge < -0.3 is 0 Å². The summed E-state index contributed by atoms with van der Waals surface area (Å²) in [7, 11) is 0. The van der Waals surface area contributed by atoms with Crippen LogP contribution in [0, 0.1) is 10.1 Å². The normalized spacial score (nSPS) is 11.4. The summed E-state index contributed by atoms with van der Waals surface area (Å²) >= 11 is 1.73. The fraction of sp³-hybridized carbons (Fsp3) is 0.143. The molecule has 7 heteroatoms. The number of hydrogen-bond donors (Lipinski definition) is 0. The number of alkyl halides is 3. The maximum atomic E-state index is 12.3. The van der Waals surface area contributed by atoms with Crippen LogP contribution in [0.2, 0.25) is 0 Å². The van der Waals surface area contributed by atoms with Crippen LogP contribution in [0.1, 0.15) is 5.56 Å². The number of nitro benzene ring substituents is 1. The van der Waals surface area contributed by atoms with Crippen LogP contribution in [-0.4, -0.2) is 21.8 Å². The summed E-state index contributed by atoms with van der Waals surface area (Å²) in [5.41, 5.74) is -1.56. The summed E-state index contributed by atoms with van der Waals surface area (Å²) in [5, 5.41) is 10.2. The zero-order valence-corrected chi connectivity index (χ0v) is 8.45. The molecule has 1 aromatic rings. The Kier molecular flexibility index (Phi) is 2.85. The molecule has 0 bridgehead atoms. The van der Waals surface area contributed by atoms with Crippen LogP contribution in [0.25, 0.3) is 0 Å². The fourth-order valence-electron chi connectivity index (χ4n) is 0.865. The van der Waals surface area contributed by atoms with Crippen LogP contribution in [0.15, 0.2) is 18.2 Å². The van der Waals surface area contributed by atoms with E-state index in [2.05, 4.69) is 0 Å². The van der Waals surface area contributed by atoms with Crippen molar-refractivity contribution in [3.63, 3.8) is 0 Å². The minimum atomic E-state index is -4.56. The standard InChI is InChI=1S/C7H3AsF3NO2/c8-6-2-1-4(12(13)14)3-5(6)7(9,10)11/h1-3H. The second-order valence-corrected chi connectivity index (χ2v) is 3.47. The van der Waals surface area contributed by atoms with Crippen LogP contribution in [0.4, 0.5) is 18.9 Å². The van der Waals surface area contributed by atoms with Crippen molar-refractivity contribution >= 4 is 26.9 Å². The third-order valence-electron chi connectivity index (χ3n) is 1.50. The Bertz CT molecular complexity index is 378. The van der Waals surface area contributed by atoms with Crippen molar-refractivity contribution in [1.82, 2.24) is 0 Å². The first-order valence-corrected chi connectivity index (χ1v) is 4.31. The van der Waals surface area contributed by atoms with Crippen LogP contribution in [0.5, 0.6) is 0 Å². The molecule has 0 atom stereocenters. The summed E-state index contributed by atoms with van der Waals surface area (Å²) < 4.78 is 36.7. The van der Waals surface area contributed by atoms with Crippen LogP contribution in [-0.2, 0) is 6.18 Å². The zero-order valence-electron chi connectivity index (χ0n) is 6.58. The number of non-ortho nitro benzene ring substituents is 1. The van der Waals surface area contributed by atoms with E-state index in [1.54, 1.807) is 16.9 Å². The topological polar surface area (TPSA) is 43.1 Å². The molecular formula is C7H3AsF3NO2. The van der Waals surface area contributed by atoms with Crippen molar-refractivity contribution in [3.8, 4) is 0 Å². The molecule has 2 radical (unpaired) electrons. The summed E-state index contributed by atoms with van der Waals surface area (Å²) in [6.07, 6.45) is -4.56. The molecule has 0 aromatic heterocycles. The van der Waals surface area contributed by atoms with Crippen molar-refractivity contribution in [1.29, 1.82) is 0 Å². The van der Waals surface area contributed by atoms with Gasteiger partial charge in [-0.15, -0.1) is 0 Å². The molecule has 0 saturated carbocycles. The molecule has 1 aromatic carbocycles. The Balaban J connectivity index is 3.29. The Morgan fingerprint density at radius 3 is 2.36 bits per heavy atom. The van der Waals surface area contributed by atoms with Gasteiger partial charge in [0.15, 0.2) is 0 Å². The van der Waals surface area contributed by atoms with E-state index in [1.165, 1.54) is 0 Å². The van der Waals surface area contributed by atoms with Gasteiger partial charge in [-0.1, -0.05) is 0 Å². The van der Waals surface area contributed by atoms with Gasteiger partial charge in [0, 0.05) is 0 Å². The number of hydrogen-bond acceptors (Lipinski definition) is 2. The Labute approximate surface area is 85.6 Å². The van der Waals surface area contributed by atoms with Gasteiger partial charge in [0.2, 0.25) is 0 Å². The Morgan fingerprint density at radius 1 is 1.36 bits per heavy atom. The first-order valence-electron chi connectivity index (χ1n) is 3.37. The summed E-state index contributed by atoms with van der Waals surface area (Å²) in [5.74, 6) is 0. The number of nitro groups is 1. The molecular weight excluding hydrogens is 262 g/mol. The van der Waals surface area contributed by atoms with E-state index in [9.17, 15) is 23.3 Å². The summed E-state index contributed by atoms with van der Waals surface area (Å²) in [6, 6.07) is 2.61. The van der Waals surface area contributed by atoms with E-state index in [0.717, 1.165) is 12.1 Å². The van der Waals surface area contributed by atoms with Gasteiger partial charge in [-0.25, -0.2) is 0 Å². The van der Waals surface area contributed by atoms with Crippen LogP contribution >= 0.6 is 0 Å². The van der Waals surface area contributed by atoms with Crippen molar-refractivity contribution in [3.05, 3.63) is 33.9 Å². The van der Waals surface area contributed by atoms with Crippen molar-refractivity contribution in [2.24, 2.45) is 0 Å². The van der Waals surface area contributed by atoms with Gasteiger partial charge in [-0.05, 0) is 0 Å². The van der Waals surface area contributed by atoms with E-state index in [1.807, 2.05) is 0 Å². The van der Waals surface area contributed by atoms with Crippen LogP contribution in [0.3, 0.4) is 0 Å². The zero-order chi connectivity index (χ0) is 10.9. The molecule has 1 rings (SSSR count). The van der Waals surface area contributed by atoms with E-state index in [-0.39, 0.29) is 4.35 Å². The summed E-state index contributed by atoms with van der Waals surface area (Å²) in [6.45, 7) is 0. The maximum absolute atomic E-state index is 12.3. The van der Waals surface area contributed by atoms with E-state index in [4.69, 9.17) is 0 Å². The van der Waals surface area contributed by atoms with E-state index >= 15 is 0 Å². The number of benzene rings is 1. The molecule has 0 saturated heterocycles. The minimum absolute atomic E-state index is 0.0874. The average Bonchev–Trinajstić information content (AvgIpc) is 2.02. The summed E-state index contributed by atoms with van der Waals surface area (Å²) in [4.78, 5) is 9.37. The van der Waals surface area contributed by atoms with Gasteiger partial charge >= 0.3 is 85.0 Å². The molecule has 0 aliphatic rings. The first-order chi connectivity index (χ1) is 6.32. The van der Waals surface area contributed by atoms with Crippen molar-refractivity contribution in [2.45, 2.75) is 6.18 Å². The van der Waals surface area contributed by atoms with Crippen molar-refractivity contribution < 1.29 is 18.1 Å². The molecule has 74 valence electrons. The Morgan fingerprint density at radius 2 is 1.93 bits per heavy atom. The molecule has 0 heterocycles. The monoisotopic (exact) mass is 265 g/mol. The Hall–Kier alpha value is -1.03. The molecule has 14 heavy (non-hydrogen) atoms. The fourth-order valence-corrected chi connectivity index (χ4v) is 1.42.